The first-order chi connectivity index (χ1) is 10.2. The van der Waals surface area contributed by atoms with Gasteiger partial charge in [0.05, 0.1) is 17.2 Å². The Hall–Kier alpha value is -1.69. The summed E-state index contributed by atoms with van der Waals surface area (Å²) in [4.78, 5) is 11.2. The summed E-state index contributed by atoms with van der Waals surface area (Å²) in [6.07, 6.45) is 5.28. The van der Waals surface area contributed by atoms with E-state index in [2.05, 4.69) is 26.9 Å². The topological polar surface area (TPSA) is 56.1 Å². The minimum absolute atomic E-state index is 0.306. The third-order valence-corrected chi connectivity index (χ3v) is 4.01. The lowest BCUT2D eigenvalue weighted by molar-refractivity contribution is 0.0439. The molecule has 3 heterocycles. The molecule has 1 fully saturated rings. The van der Waals surface area contributed by atoms with Crippen LogP contribution in [0, 0.1) is 6.92 Å². The quantitative estimate of drug-likeness (QED) is 0.862. The monoisotopic (exact) mass is 289 g/mol. The molecule has 0 aromatic carbocycles. The molecule has 1 atom stereocenters. The molecule has 114 valence electrons. The second-order valence-corrected chi connectivity index (χ2v) is 5.69. The van der Waals surface area contributed by atoms with E-state index in [1.165, 1.54) is 0 Å². The highest BCUT2D eigenvalue weighted by Gasteiger charge is 2.24. The number of aromatic nitrogens is 4. The molecule has 6 heteroatoms. The van der Waals surface area contributed by atoms with Gasteiger partial charge < -0.3 is 9.64 Å². The van der Waals surface area contributed by atoms with Gasteiger partial charge in [-0.1, -0.05) is 6.92 Å². The lowest BCUT2D eigenvalue weighted by Gasteiger charge is -2.33. The maximum Gasteiger partial charge on any atom is 0.163 e. The summed E-state index contributed by atoms with van der Waals surface area (Å²) < 4.78 is 7.75. The first kappa shape index (κ1) is 14.3. The van der Waals surface area contributed by atoms with Crippen molar-refractivity contribution in [2.45, 2.75) is 39.2 Å². The van der Waals surface area contributed by atoms with Crippen LogP contribution in [-0.4, -0.2) is 45.5 Å². The van der Waals surface area contributed by atoms with Gasteiger partial charge in [0, 0.05) is 26.7 Å². The van der Waals surface area contributed by atoms with Crippen LogP contribution in [0.3, 0.4) is 0 Å². The highest BCUT2D eigenvalue weighted by molar-refractivity contribution is 5.89. The Labute approximate surface area is 125 Å². The molecule has 0 spiro atoms. The summed E-state index contributed by atoms with van der Waals surface area (Å²) in [5.74, 6) is 0.996. The van der Waals surface area contributed by atoms with E-state index in [0.29, 0.717) is 6.10 Å². The number of fused-ring (bicyclic) bond motifs is 1. The van der Waals surface area contributed by atoms with Crippen LogP contribution in [0.2, 0.25) is 0 Å². The van der Waals surface area contributed by atoms with E-state index in [-0.39, 0.29) is 0 Å². The van der Waals surface area contributed by atoms with E-state index >= 15 is 0 Å². The average molecular weight is 289 g/mol. The molecule has 0 amide bonds. The summed E-state index contributed by atoms with van der Waals surface area (Å²) in [6.45, 7) is 6.92. The van der Waals surface area contributed by atoms with E-state index < -0.39 is 0 Å². The number of anilines is 1. The molecule has 6 nitrogen and oxygen atoms in total. The number of hydrogen-bond acceptors (Lipinski definition) is 5. The van der Waals surface area contributed by atoms with Gasteiger partial charge in [0.15, 0.2) is 5.65 Å². The van der Waals surface area contributed by atoms with Gasteiger partial charge in [-0.25, -0.2) is 9.97 Å². The second kappa shape index (κ2) is 5.97. The van der Waals surface area contributed by atoms with Crippen LogP contribution >= 0.6 is 0 Å². The maximum atomic E-state index is 5.93. The van der Waals surface area contributed by atoms with E-state index in [0.717, 1.165) is 61.5 Å². The van der Waals surface area contributed by atoms with E-state index in [1.54, 1.807) is 6.33 Å². The average Bonchev–Trinajstić information content (AvgIpc) is 2.80. The second-order valence-electron chi connectivity index (χ2n) is 5.69. The highest BCUT2D eigenvalue weighted by atomic mass is 16.5. The van der Waals surface area contributed by atoms with E-state index in [9.17, 15) is 0 Å². The standard InChI is InChI=1S/C15H23N5O/c1-4-8-21-12-6-5-7-20(9-12)15-13-11(2)18-19(3)14(13)16-10-17-15/h10,12H,4-9H2,1-3H3/t12-/m1/s1. The molecule has 0 radical (unpaired) electrons. The minimum Gasteiger partial charge on any atom is -0.376 e. The molecule has 1 saturated heterocycles. The zero-order valence-corrected chi connectivity index (χ0v) is 13.0. The zero-order valence-electron chi connectivity index (χ0n) is 13.0. The Morgan fingerprint density at radius 2 is 2.24 bits per heavy atom. The van der Waals surface area contributed by atoms with Gasteiger partial charge in [-0.2, -0.15) is 5.10 Å². The maximum absolute atomic E-state index is 5.93. The van der Waals surface area contributed by atoms with Crippen LogP contribution in [0.1, 0.15) is 31.9 Å². The lowest BCUT2D eigenvalue weighted by Crippen LogP contribution is -2.40. The van der Waals surface area contributed by atoms with Crippen molar-refractivity contribution < 1.29 is 4.74 Å². The van der Waals surface area contributed by atoms with Crippen molar-refractivity contribution in [3.05, 3.63) is 12.0 Å². The van der Waals surface area contributed by atoms with Crippen LogP contribution in [0.25, 0.3) is 11.0 Å². The smallest absolute Gasteiger partial charge is 0.163 e. The van der Waals surface area contributed by atoms with Crippen molar-refractivity contribution in [2.24, 2.45) is 7.05 Å². The number of ether oxygens (including phenoxy) is 1. The highest BCUT2D eigenvalue weighted by Crippen LogP contribution is 2.28. The van der Waals surface area contributed by atoms with Crippen LogP contribution in [-0.2, 0) is 11.8 Å². The number of aryl methyl sites for hydroxylation is 2. The van der Waals surface area contributed by atoms with E-state index in [4.69, 9.17) is 4.74 Å². The molecule has 0 saturated carbocycles. The number of hydrogen-bond donors (Lipinski definition) is 0. The van der Waals surface area contributed by atoms with Gasteiger partial charge in [-0.05, 0) is 26.2 Å². The summed E-state index contributed by atoms with van der Waals surface area (Å²) in [5.41, 5.74) is 1.88. The molecule has 1 aliphatic heterocycles. The van der Waals surface area contributed by atoms with Crippen LogP contribution in [0.5, 0.6) is 0 Å². The number of nitrogens with zero attached hydrogens (tertiary/aromatic N) is 5. The zero-order chi connectivity index (χ0) is 14.8. The van der Waals surface area contributed by atoms with Gasteiger partial charge in [-0.3, -0.25) is 4.68 Å². The Morgan fingerprint density at radius 1 is 1.38 bits per heavy atom. The largest absolute Gasteiger partial charge is 0.376 e. The predicted molar refractivity (Wildman–Crippen MR) is 82.5 cm³/mol. The van der Waals surface area contributed by atoms with Gasteiger partial charge >= 0.3 is 0 Å². The number of piperidine rings is 1. The predicted octanol–water partition coefficient (Wildman–Crippen LogP) is 2.07. The van der Waals surface area contributed by atoms with Crippen molar-refractivity contribution in [1.29, 1.82) is 0 Å². The van der Waals surface area contributed by atoms with Crippen molar-refractivity contribution in [2.75, 3.05) is 24.6 Å². The molecular weight excluding hydrogens is 266 g/mol. The van der Waals surface area contributed by atoms with Crippen molar-refractivity contribution in [1.82, 2.24) is 19.7 Å². The Morgan fingerprint density at radius 3 is 3.05 bits per heavy atom. The Kier molecular flexibility index (Phi) is 4.05. The summed E-state index contributed by atoms with van der Waals surface area (Å²) >= 11 is 0. The Balaban J connectivity index is 1.89. The molecule has 2 aromatic rings. The van der Waals surface area contributed by atoms with Crippen molar-refractivity contribution in [3.63, 3.8) is 0 Å². The molecule has 3 rings (SSSR count). The fourth-order valence-corrected chi connectivity index (χ4v) is 3.05. The molecular formula is C15H23N5O. The van der Waals surface area contributed by atoms with Crippen molar-refractivity contribution in [3.8, 4) is 0 Å². The molecule has 2 aromatic heterocycles. The lowest BCUT2D eigenvalue weighted by atomic mass is 10.1. The minimum atomic E-state index is 0.306. The third-order valence-electron chi connectivity index (χ3n) is 4.01. The molecule has 1 aliphatic rings. The number of rotatable bonds is 4. The summed E-state index contributed by atoms with van der Waals surface area (Å²) in [7, 11) is 1.93. The van der Waals surface area contributed by atoms with Gasteiger partial charge in [0.25, 0.3) is 0 Å². The van der Waals surface area contributed by atoms with Gasteiger partial charge in [0.2, 0.25) is 0 Å². The summed E-state index contributed by atoms with van der Waals surface area (Å²) in [6, 6.07) is 0. The SMILES string of the molecule is CCCO[C@@H]1CCCN(c2ncnc3c2c(C)nn3C)C1. The molecule has 0 aliphatic carbocycles. The fraction of sp³-hybridized carbons (Fsp3) is 0.667. The van der Waals surface area contributed by atoms with Crippen LogP contribution < -0.4 is 4.90 Å². The fourth-order valence-electron chi connectivity index (χ4n) is 3.05. The first-order valence-corrected chi connectivity index (χ1v) is 7.71. The van der Waals surface area contributed by atoms with Gasteiger partial charge in [0.1, 0.15) is 12.1 Å². The van der Waals surface area contributed by atoms with Crippen LogP contribution in [0.4, 0.5) is 5.82 Å². The molecule has 0 bridgehead atoms. The third kappa shape index (κ3) is 2.72. The summed E-state index contributed by atoms with van der Waals surface area (Å²) in [5, 5.41) is 5.54. The van der Waals surface area contributed by atoms with E-state index in [1.807, 2.05) is 18.7 Å². The molecule has 21 heavy (non-hydrogen) atoms. The molecule has 0 N–H and O–H groups in total. The van der Waals surface area contributed by atoms with Gasteiger partial charge in [-0.15, -0.1) is 0 Å². The van der Waals surface area contributed by atoms with Crippen LogP contribution in [0.15, 0.2) is 6.33 Å². The normalized spacial score (nSPS) is 19.4. The Bertz CT molecular complexity index is 624. The van der Waals surface area contributed by atoms with Crippen molar-refractivity contribution >= 4 is 16.9 Å². The molecule has 0 unspecified atom stereocenters. The first-order valence-electron chi connectivity index (χ1n) is 7.71.